The molecule has 3 rings (SSSR count). The third-order valence-corrected chi connectivity index (χ3v) is 6.50. The summed E-state index contributed by atoms with van der Waals surface area (Å²) in [5.41, 5.74) is 0.719. The molecule has 1 N–H and O–H groups in total. The van der Waals surface area contributed by atoms with Gasteiger partial charge >= 0.3 is 10.1 Å². The predicted molar refractivity (Wildman–Crippen MR) is 138 cm³/mol. The minimum atomic E-state index is -4.17. The molecule has 0 aliphatic heterocycles. The second-order valence-electron chi connectivity index (χ2n) is 6.75. The average molecular weight is 609 g/mol. The number of carbonyl (C=O) groups is 1. The number of nitrogens with one attached hydrogen (secondary N) is 1. The van der Waals surface area contributed by atoms with Gasteiger partial charge in [-0.2, -0.15) is 13.7 Å². The van der Waals surface area contributed by atoms with E-state index in [1.165, 1.54) is 30.3 Å². The molecule has 0 aromatic heterocycles. The fraction of sp³-hybridized carbons (Fsp3) is 0.0833. The Bertz CT molecular complexity index is 1390. The molecule has 3 aromatic rings. The van der Waals surface area contributed by atoms with E-state index in [2.05, 4.69) is 27.9 Å². The van der Waals surface area contributed by atoms with Crippen LogP contribution >= 0.6 is 34.2 Å². The van der Waals surface area contributed by atoms with Crippen LogP contribution in [0, 0.1) is 14.9 Å². The third-order valence-electron chi connectivity index (χ3n) is 4.32. The molecule has 0 fully saturated rings. The van der Waals surface area contributed by atoms with Crippen molar-refractivity contribution in [2.75, 3.05) is 11.9 Å². The van der Waals surface area contributed by atoms with E-state index in [1.54, 1.807) is 43.3 Å². The van der Waals surface area contributed by atoms with Crippen molar-refractivity contribution in [1.29, 1.82) is 5.26 Å². The molecule has 0 saturated carbocycles. The molecule has 0 saturated heterocycles. The highest BCUT2D eigenvalue weighted by Gasteiger charge is 2.22. The number of rotatable bonds is 8. The second kappa shape index (κ2) is 11.4. The van der Waals surface area contributed by atoms with Gasteiger partial charge in [0.25, 0.3) is 5.91 Å². The van der Waals surface area contributed by atoms with Gasteiger partial charge in [-0.25, -0.2) is 0 Å². The number of anilines is 1. The van der Waals surface area contributed by atoms with Crippen LogP contribution in [0.15, 0.2) is 77.2 Å². The topological polar surface area (TPSA) is 105 Å². The molecule has 10 heteroatoms. The van der Waals surface area contributed by atoms with Gasteiger partial charge in [0.2, 0.25) is 5.75 Å². The Morgan fingerprint density at radius 2 is 1.88 bits per heavy atom. The second-order valence-corrected chi connectivity index (χ2v) is 9.95. The maximum absolute atomic E-state index is 12.7. The minimum Gasteiger partial charge on any atom is -0.490 e. The standard InChI is InChI=1S/C24H18ClIN2O5S/c1-2-32-22-13-16(11-17(15-27)24(29)28-19-8-6-7-18(26)14-19)12-21(25)23(22)33-34(30,31)20-9-4-3-5-10-20/h3-14H,2H2,1H3,(H,28,29)/b17-11+. The quantitative estimate of drug-likeness (QED) is 0.153. The van der Waals surface area contributed by atoms with Crippen molar-refractivity contribution in [3.63, 3.8) is 0 Å². The van der Waals surface area contributed by atoms with Crippen molar-refractivity contribution >= 4 is 62.0 Å². The maximum Gasteiger partial charge on any atom is 0.339 e. The van der Waals surface area contributed by atoms with Gasteiger partial charge < -0.3 is 14.2 Å². The number of nitrogens with zero attached hydrogens (tertiary/aromatic N) is 1. The van der Waals surface area contributed by atoms with Gasteiger partial charge in [0, 0.05) is 9.26 Å². The summed E-state index contributed by atoms with van der Waals surface area (Å²) in [7, 11) is -4.17. The first kappa shape index (κ1) is 25.6. The van der Waals surface area contributed by atoms with Crippen LogP contribution in [0.1, 0.15) is 12.5 Å². The number of hydrogen-bond donors (Lipinski definition) is 1. The summed E-state index contributed by atoms with van der Waals surface area (Å²) >= 11 is 8.45. The van der Waals surface area contributed by atoms with E-state index in [4.69, 9.17) is 20.5 Å². The molecule has 3 aromatic carbocycles. The number of amides is 1. The van der Waals surface area contributed by atoms with Gasteiger partial charge in [-0.05, 0) is 83.6 Å². The van der Waals surface area contributed by atoms with Gasteiger partial charge in [-0.3, -0.25) is 4.79 Å². The van der Waals surface area contributed by atoms with Crippen LogP contribution in [0.5, 0.6) is 11.5 Å². The molecule has 174 valence electrons. The molecule has 34 heavy (non-hydrogen) atoms. The van der Waals surface area contributed by atoms with Crippen LogP contribution in [-0.2, 0) is 14.9 Å². The van der Waals surface area contributed by atoms with Crippen molar-refractivity contribution in [1.82, 2.24) is 0 Å². The Kier molecular flexibility index (Phi) is 8.55. The van der Waals surface area contributed by atoms with E-state index in [9.17, 15) is 18.5 Å². The van der Waals surface area contributed by atoms with Gasteiger partial charge in [0.05, 0.1) is 11.6 Å². The summed E-state index contributed by atoms with van der Waals surface area (Å²) < 4.78 is 37.1. The summed E-state index contributed by atoms with van der Waals surface area (Å²) in [4.78, 5) is 12.5. The number of hydrogen-bond acceptors (Lipinski definition) is 6. The van der Waals surface area contributed by atoms with Gasteiger partial charge in [-0.15, -0.1) is 0 Å². The van der Waals surface area contributed by atoms with Crippen LogP contribution in [0.2, 0.25) is 5.02 Å². The molecule has 0 aliphatic rings. The van der Waals surface area contributed by atoms with Gasteiger partial charge in [-0.1, -0.05) is 35.9 Å². The van der Waals surface area contributed by atoms with Gasteiger partial charge in [0.15, 0.2) is 5.75 Å². The molecular formula is C24H18ClIN2O5S. The molecule has 0 aliphatic carbocycles. The van der Waals surface area contributed by atoms with Crippen molar-refractivity contribution in [3.05, 3.63) is 86.5 Å². The molecular weight excluding hydrogens is 591 g/mol. The van der Waals surface area contributed by atoms with E-state index in [0.717, 1.165) is 3.57 Å². The summed E-state index contributed by atoms with van der Waals surface area (Å²) in [6.45, 7) is 1.91. The number of carbonyl (C=O) groups excluding carboxylic acids is 1. The van der Waals surface area contributed by atoms with E-state index < -0.39 is 16.0 Å². The number of benzene rings is 3. The maximum atomic E-state index is 12.7. The van der Waals surface area contributed by atoms with Crippen LogP contribution in [-0.4, -0.2) is 20.9 Å². The lowest BCUT2D eigenvalue weighted by Gasteiger charge is -2.14. The fourth-order valence-electron chi connectivity index (χ4n) is 2.84. The lowest BCUT2D eigenvalue weighted by molar-refractivity contribution is -0.112. The van der Waals surface area contributed by atoms with E-state index in [1.807, 2.05) is 12.1 Å². The van der Waals surface area contributed by atoms with E-state index in [-0.39, 0.29) is 33.6 Å². The predicted octanol–water partition coefficient (Wildman–Crippen LogP) is 5.66. The molecule has 0 heterocycles. The molecule has 0 radical (unpaired) electrons. The molecule has 1 amide bonds. The summed E-state index contributed by atoms with van der Waals surface area (Å²) in [6.07, 6.45) is 1.33. The van der Waals surface area contributed by atoms with E-state index in [0.29, 0.717) is 11.3 Å². The first-order valence-corrected chi connectivity index (χ1v) is 12.7. The third kappa shape index (κ3) is 6.50. The van der Waals surface area contributed by atoms with Crippen LogP contribution in [0.4, 0.5) is 5.69 Å². The lowest BCUT2D eigenvalue weighted by atomic mass is 10.1. The summed E-state index contributed by atoms with van der Waals surface area (Å²) in [5, 5.41) is 12.1. The number of halogens is 2. The first-order valence-electron chi connectivity index (χ1n) is 9.88. The van der Waals surface area contributed by atoms with Gasteiger partial charge in [0.1, 0.15) is 16.5 Å². The molecule has 0 atom stereocenters. The molecule has 7 nitrogen and oxygen atoms in total. The zero-order valence-electron chi connectivity index (χ0n) is 17.8. The average Bonchev–Trinajstić information content (AvgIpc) is 2.80. The van der Waals surface area contributed by atoms with Crippen molar-refractivity contribution < 1.29 is 22.1 Å². The fourth-order valence-corrected chi connectivity index (χ4v) is 4.66. The van der Waals surface area contributed by atoms with Crippen molar-refractivity contribution in [2.24, 2.45) is 0 Å². The smallest absolute Gasteiger partial charge is 0.339 e. The Morgan fingerprint density at radius 1 is 1.15 bits per heavy atom. The number of nitriles is 1. The highest BCUT2D eigenvalue weighted by molar-refractivity contribution is 14.1. The molecule has 0 spiro atoms. The zero-order chi connectivity index (χ0) is 24.7. The van der Waals surface area contributed by atoms with Crippen LogP contribution in [0.3, 0.4) is 0 Å². The zero-order valence-corrected chi connectivity index (χ0v) is 21.5. The highest BCUT2D eigenvalue weighted by Crippen LogP contribution is 2.39. The summed E-state index contributed by atoms with van der Waals surface area (Å²) in [6, 6.07) is 19.4. The number of ether oxygens (including phenoxy) is 1. The largest absolute Gasteiger partial charge is 0.490 e. The summed E-state index contributed by atoms with van der Waals surface area (Å²) in [5.74, 6) is -0.743. The first-order chi connectivity index (χ1) is 16.2. The molecule has 0 bridgehead atoms. The minimum absolute atomic E-state index is 0.0449. The molecule has 0 unspecified atom stereocenters. The van der Waals surface area contributed by atoms with Crippen molar-refractivity contribution in [2.45, 2.75) is 11.8 Å². The Morgan fingerprint density at radius 3 is 2.53 bits per heavy atom. The lowest BCUT2D eigenvalue weighted by Crippen LogP contribution is -2.13. The van der Waals surface area contributed by atoms with Crippen molar-refractivity contribution in [3.8, 4) is 17.6 Å². The Balaban J connectivity index is 1.94. The SMILES string of the molecule is CCOc1cc(/C=C(\C#N)C(=O)Nc2cccc(I)c2)cc(Cl)c1OS(=O)(=O)c1ccccc1. The normalized spacial score (nSPS) is 11.4. The van der Waals surface area contributed by atoms with Crippen LogP contribution < -0.4 is 14.2 Å². The monoisotopic (exact) mass is 608 g/mol. The highest BCUT2D eigenvalue weighted by atomic mass is 127. The van der Waals surface area contributed by atoms with Crippen LogP contribution in [0.25, 0.3) is 6.08 Å². The van der Waals surface area contributed by atoms with E-state index >= 15 is 0 Å². The Hall–Kier alpha value is -3.07. The Labute approximate surface area is 216 Å².